The number of aliphatic hydroxyl groups excluding tert-OH is 1. The van der Waals surface area contributed by atoms with E-state index in [2.05, 4.69) is 5.32 Å². The SMILES string of the molecule is CCCC(C(=O)NCC(O)c1ccco1)N(C)C. The molecule has 18 heavy (non-hydrogen) atoms. The summed E-state index contributed by atoms with van der Waals surface area (Å²) < 4.78 is 5.07. The molecule has 1 heterocycles. The summed E-state index contributed by atoms with van der Waals surface area (Å²) in [7, 11) is 3.76. The fraction of sp³-hybridized carbons (Fsp3) is 0.615. The molecule has 0 aliphatic heterocycles. The van der Waals surface area contributed by atoms with Crippen molar-refractivity contribution >= 4 is 5.91 Å². The van der Waals surface area contributed by atoms with Crippen molar-refractivity contribution in [2.24, 2.45) is 0 Å². The van der Waals surface area contributed by atoms with Gasteiger partial charge in [-0.2, -0.15) is 0 Å². The fourth-order valence-corrected chi connectivity index (χ4v) is 1.79. The summed E-state index contributed by atoms with van der Waals surface area (Å²) in [5.74, 6) is 0.402. The van der Waals surface area contributed by atoms with E-state index in [0.717, 1.165) is 12.8 Å². The van der Waals surface area contributed by atoms with Crippen molar-refractivity contribution in [2.75, 3.05) is 20.6 Å². The molecular formula is C13H22N2O3. The lowest BCUT2D eigenvalue weighted by Crippen LogP contribution is -2.44. The van der Waals surface area contributed by atoms with Crippen molar-refractivity contribution in [2.45, 2.75) is 31.9 Å². The van der Waals surface area contributed by atoms with Crippen LogP contribution in [0.5, 0.6) is 0 Å². The molecule has 5 heteroatoms. The maximum Gasteiger partial charge on any atom is 0.237 e. The number of aliphatic hydroxyl groups is 1. The molecule has 102 valence electrons. The van der Waals surface area contributed by atoms with E-state index in [0.29, 0.717) is 5.76 Å². The molecule has 1 aromatic heterocycles. The molecule has 0 saturated heterocycles. The lowest BCUT2D eigenvalue weighted by molar-refractivity contribution is -0.126. The fourth-order valence-electron chi connectivity index (χ4n) is 1.79. The molecule has 5 nitrogen and oxygen atoms in total. The second kappa shape index (κ2) is 7.18. The van der Waals surface area contributed by atoms with Crippen molar-refractivity contribution in [1.82, 2.24) is 10.2 Å². The zero-order valence-electron chi connectivity index (χ0n) is 11.2. The predicted molar refractivity (Wildman–Crippen MR) is 69.1 cm³/mol. The van der Waals surface area contributed by atoms with Crippen molar-refractivity contribution in [3.8, 4) is 0 Å². The first-order valence-electron chi connectivity index (χ1n) is 6.21. The minimum absolute atomic E-state index is 0.0625. The molecule has 2 N–H and O–H groups in total. The summed E-state index contributed by atoms with van der Waals surface area (Å²) in [6, 6.07) is 3.24. The van der Waals surface area contributed by atoms with Crippen LogP contribution in [0.1, 0.15) is 31.6 Å². The lowest BCUT2D eigenvalue weighted by Gasteiger charge is -2.23. The Morgan fingerprint density at radius 2 is 2.28 bits per heavy atom. The third-order valence-corrected chi connectivity index (χ3v) is 2.83. The molecule has 2 unspecified atom stereocenters. The zero-order chi connectivity index (χ0) is 13.5. The quantitative estimate of drug-likeness (QED) is 0.766. The van der Waals surface area contributed by atoms with Gasteiger partial charge in [-0.1, -0.05) is 13.3 Å². The Labute approximate surface area is 108 Å². The zero-order valence-corrected chi connectivity index (χ0v) is 11.2. The van der Waals surface area contributed by atoms with E-state index in [-0.39, 0.29) is 18.5 Å². The van der Waals surface area contributed by atoms with Gasteiger partial charge in [-0.25, -0.2) is 0 Å². The Hall–Kier alpha value is -1.33. The number of nitrogens with one attached hydrogen (secondary N) is 1. The van der Waals surface area contributed by atoms with Crippen LogP contribution < -0.4 is 5.32 Å². The van der Waals surface area contributed by atoms with Gasteiger partial charge in [0.1, 0.15) is 11.9 Å². The van der Waals surface area contributed by atoms with Crippen LogP contribution in [0.4, 0.5) is 0 Å². The molecule has 0 radical (unpaired) electrons. The van der Waals surface area contributed by atoms with Crippen molar-refractivity contribution in [3.05, 3.63) is 24.2 Å². The second-order valence-corrected chi connectivity index (χ2v) is 4.54. The molecule has 1 aromatic rings. The Morgan fingerprint density at radius 1 is 1.56 bits per heavy atom. The summed E-state index contributed by atoms with van der Waals surface area (Å²) in [6.07, 6.45) is 2.45. The first-order valence-corrected chi connectivity index (χ1v) is 6.21. The molecule has 0 fully saturated rings. The van der Waals surface area contributed by atoms with E-state index in [1.165, 1.54) is 6.26 Å². The van der Waals surface area contributed by atoms with Crippen LogP contribution in [0.3, 0.4) is 0 Å². The van der Waals surface area contributed by atoms with Crippen LogP contribution in [0.15, 0.2) is 22.8 Å². The first kappa shape index (κ1) is 14.7. The third-order valence-electron chi connectivity index (χ3n) is 2.83. The summed E-state index contributed by atoms with van der Waals surface area (Å²) in [5, 5.41) is 12.5. The first-order chi connectivity index (χ1) is 8.56. The van der Waals surface area contributed by atoms with E-state index in [4.69, 9.17) is 4.42 Å². The van der Waals surface area contributed by atoms with Crippen molar-refractivity contribution in [3.63, 3.8) is 0 Å². The molecule has 0 spiro atoms. The highest BCUT2D eigenvalue weighted by molar-refractivity contribution is 5.81. The highest BCUT2D eigenvalue weighted by Gasteiger charge is 2.20. The highest BCUT2D eigenvalue weighted by Crippen LogP contribution is 2.12. The summed E-state index contributed by atoms with van der Waals surface area (Å²) in [4.78, 5) is 13.8. The lowest BCUT2D eigenvalue weighted by atomic mass is 10.1. The monoisotopic (exact) mass is 254 g/mol. The number of amides is 1. The highest BCUT2D eigenvalue weighted by atomic mass is 16.4. The van der Waals surface area contributed by atoms with Gasteiger partial charge in [0.2, 0.25) is 5.91 Å². The van der Waals surface area contributed by atoms with Crippen LogP contribution in [0, 0.1) is 0 Å². The van der Waals surface area contributed by atoms with Crippen LogP contribution in [0.25, 0.3) is 0 Å². The van der Waals surface area contributed by atoms with Crippen LogP contribution in [-0.2, 0) is 4.79 Å². The summed E-state index contributed by atoms with van der Waals surface area (Å²) in [5.41, 5.74) is 0. The van der Waals surface area contributed by atoms with E-state index < -0.39 is 6.10 Å². The van der Waals surface area contributed by atoms with Gasteiger partial charge in [-0.3, -0.25) is 9.69 Å². The average molecular weight is 254 g/mol. The number of nitrogens with zero attached hydrogens (tertiary/aromatic N) is 1. The van der Waals surface area contributed by atoms with E-state index in [1.54, 1.807) is 12.1 Å². The molecule has 2 atom stereocenters. The van der Waals surface area contributed by atoms with Crippen molar-refractivity contribution < 1.29 is 14.3 Å². The standard InChI is InChI=1S/C13H22N2O3/c1-4-6-10(15(2)3)13(17)14-9-11(16)12-7-5-8-18-12/h5,7-8,10-11,16H,4,6,9H2,1-3H3,(H,14,17). The molecule has 0 bridgehead atoms. The predicted octanol–water partition coefficient (Wildman–Crippen LogP) is 1.16. The summed E-state index contributed by atoms with van der Waals surface area (Å²) >= 11 is 0. The molecule has 0 aliphatic rings. The minimum atomic E-state index is -0.798. The van der Waals surface area contributed by atoms with Gasteiger partial charge in [-0.05, 0) is 32.6 Å². The number of carbonyl (C=O) groups excluding carboxylic acids is 1. The number of furan rings is 1. The van der Waals surface area contributed by atoms with Gasteiger partial charge in [0.25, 0.3) is 0 Å². The molecule has 0 aliphatic carbocycles. The molecular weight excluding hydrogens is 232 g/mol. The Balaban J connectivity index is 2.44. The number of rotatable bonds is 7. The minimum Gasteiger partial charge on any atom is -0.467 e. The van der Waals surface area contributed by atoms with Crippen LogP contribution in [0.2, 0.25) is 0 Å². The van der Waals surface area contributed by atoms with Crippen molar-refractivity contribution in [1.29, 1.82) is 0 Å². The number of hydrogen-bond acceptors (Lipinski definition) is 4. The molecule has 0 aromatic carbocycles. The number of hydrogen-bond donors (Lipinski definition) is 2. The number of carbonyl (C=O) groups is 1. The Kier molecular flexibility index (Phi) is 5.88. The van der Waals surface area contributed by atoms with Gasteiger partial charge in [0.05, 0.1) is 18.8 Å². The largest absolute Gasteiger partial charge is 0.467 e. The molecule has 1 rings (SSSR count). The van der Waals surface area contributed by atoms with E-state index in [1.807, 2.05) is 25.9 Å². The second-order valence-electron chi connectivity index (χ2n) is 4.54. The molecule has 1 amide bonds. The maximum absolute atomic E-state index is 12.0. The van der Waals surface area contributed by atoms with Gasteiger partial charge >= 0.3 is 0 Å². The van der Waals surface area contributed by atoms with Gasteiger partial charge in [0.15, 0.2) is 0 Å². The topological polar surface area (TPSA) is 65.7 Å². The van der Waals surface area contributed by atoms with Gasteiger partial charge in [-0.15, -0.1) is 0 Å². The Bertz CT molecular complexity index is 349. The van der Waals surface area contributed by atoms with E-state index in [9.17, 15) is 9.90 Å². The average Bonchev–Trinajstić information content (AvgIpc) is 2.85. The maximum atomic E-state index is 12.0. The normalized spacial score (nSPS) is 14.5. The van der Waals surface area contributed by atoms with E-state index >= 15 is 0 Å². The smallest absolute Gasteiger partial charge is 0.237 e. The Morgan fingerprint density at radius 3 is 2.78 bits per heavy atom. The third kappa shape index (κ3) is 4.16. The molecule has 0 saturated carbocycles. The van der Waals surface area contributed by atoms with Gasteiger partial charge < -0.3 is 14.8 Å². The summed E-state index contributed by atoms with van der Waals surface area (Å²) in [6.45, 7) is 2.21. The van der Waals surface area contributed by atoms with Gasteiger partial charge in [0, 0.05) is 0 Å². The van der Waals surface area contributed by atoms with Crippen LogP contribution in [-0.4, -0.2) is 42.6 Å². The van der Waals surface area contributed by atoms with Crippen LogP contribution >= 0.6 is 0 Å². The number of likely N-dealkylation sites (N-methyl/N-ethyl adjacent to an activating group) is 1.